The average Bonchev–Trinajstić information content (AvgIpc) is 2.23. The minimum Gasteiger partial charge on any atom is -0.379 e. The molecular formula is C12H16FNOS. The Labute approximate surface area is 99.6 Å². The van der Waals surface area contributed by atoms with E-state index in [9.17, 15) is 4.39 Å². The molecule has 0 aromatic heterocycles. The highest BCUT2D eigenvalue weighted by atomic mass is 32.2. The third-order valence-electron chi connectivity index (χ3n) is 2.79. The molecule has 2 nitrogen and oxygen atoms in total. The zero-order valence-electron chi connectivity index (χ0n) is 9.50. The van der Waals surface area contributed by atoms with E-state index in [-0.39, 0.29) is 11.9 Å². The van der Waals surface area contributed by atoms with E-state index in [0.29, 0.717) is 5.25 Å². The van der Waals surface area contributed by atoms with E-state index in [1.165, 1.54) is 6.07 Å². The number of hydrogen-bond donors (Lipinski definition) is 1. The maximum absolute atomic E-state index is 13.8. The second kappa shape index (κ2) is 5.17. The lowest BCUT2D eigenvalue weighted by atomic mass is 10.1. The van der Waals surface area contributed by atoms with Gasteiger partial charge in [-0.05, 0) is 25.6 Å². The number of hydrogen-bond acceptors (Lipinski definition) is 3. The van der Waals surface area contributed by atoms with Gasteiger partial charge in [0.25, 0.3) is 0 Å². The minimum absolute atomic E-state index is 0.128. The molecule has 1 unspecified atom stereocenters. The van der Waals surface area contributed by atoms with Gasteiger partial charge in [0.15, 0.2) is 0 Å². The molecule has 88 valence electrons. The largest absolute Gasteiger partial charge is 0.379 e. The Hall–Kier alpha value is -0.580. The number of nitrogens with one attached hydrogen (secondary N) is 1. The topological polar surface area (TPSA) is 21.3 Å². The molecule has 0 aliphatic carbocycles. The van der Waals surface area contributed by atoms with Gasteiger partial charge >= 0.3 is 0 Å². The van der Waals surface area contributed by atoms with Gasteiger partial charge < -0.3 is 10.1 Å². The van der Waals surface area contributed by atoms with Crippen molar-refractivity contribution in [2.45, 2.75) is 23.1 Å². The molecule has 1 aromatic rings. The first-order chi connectivity index (χ1) is 7.72. The molecule has 0 saturated carbocycles. The highest BCUT2D eigenvalue weighted by Gasteiger charge is 2.23. The molecule has 0 amide bonds. The van der Waals surface area contributed by atoms with Crippen LogP contribution in [-0.4, -0.2) is 25.5 Å². The van der Waals surface area contributed by atoms with Crippen LogP contribution in [0, 0.1) is 5.82 Å². The summed E-state index contributed by atoms with van der Waals surface area (Å²) in [6.45, 7) is 3.49. The van der Waals surface area contributed by atoms with Gasteiger partial charge in [-0.15, -0.1) is 11.8 Å². The van der Waals surface area contributed by atoms with Crippen LogP contribution in [0.15, 0.2) is 23.1 Å². The lowest BCUT2D eigenvalue weighted by Gasteiger charge is -2.27. The molecule has 16 heavy (non-hydrogen) atoms. The van der Waals surface area contributed by atoms with E-state index in [2.05, 4.69) is 5.32 Å². The molecule has 1 saturated heterocycles. The number of rotatable bonds is 4. The van der Waals surface area contributed by atoms with E-state index < -0.39 is 0 Å². The Morgan fingerprint density at radius 1 is 1.50 bits per heavy atom. The van der Waals surface area contributed by atoms with Gasteiger partial charge in [0.2, 0.25) is 0 Å². The summed E-state index contributed by atoms with van der Waals surface area (Å²) in [6, 6.07) is 5.43. The zero-order valence-corrected chi connectivity index (χ0v) is 10.3. The van der Waals surface area contributed by atoms with Crippen molar-refractivity contribution in [2.75, 3.05) is 20.3 Å². The molecule has 1 atom stereocenters. The summed E-state index contributed by atoms with van der Waals surface area (Å²) in [6.07, 6.45) is 0. The quantitative estimate of drug-likeness (QED) is 0.875. The van der Waals surface area contributed by atoms with Crippen molar-refractivity contribution in [1.82, 2.24) is 5.32 Å². The van der Waals surface area contributed by atoms with E-state index in [1.807, 2.05) is 20.0 Å². The third-order valence-corrected chi connectivity index (χ3v) is 4.06. The Kier molecular flexibility index (Phi) is 3.84. The van der Waals surface area contributed by atoms with Crippen molar-refractivity contribution >= 4 is 11.8 Å². The van der Waals surface area contributed by atoms with Gasteiger partial charge in [-0.2, -0.15) is 0 Å². The van der Waals surface area contributed by atoms with Crippen molar-refractivity contribution < 1.29 is 9.13 Å². The molecular weight excluding hydrogens is 225 g/mol. The lowest BCUT2D eigenvalue weighted by molar-refractivity contribution is 0.0454. The van der Waals surface area contributed by atoms with E-state index in [4.69, 9.17) is 4.74 Å². The average molecular weight is 241 g/mol. The van der Waals surface area contributed by atoms with E-state index in [1.54, 1.807) is 17.8 Å². The summed E-state index contributed by atoms with van der Waals surface area (Å²) in [5.74, 6) is -0.128. The van der Waals surface area contributed by atoms with Gasteiger partial charge in [-0.1, -0.05) is 12.1 Å². The number of thioether (sulfide) groups is 1. The Bertz CT molecular complexity index is 368. The molecule has 1 heterocycles. The van der Waals surface area contributed by atoms with Gasteiger partial charge in [-0.25, -0.2) is 4.39 Å². The van der Waals surface area contributed by atoms with Crippen molar-refractivity contribution in [2.24, 2.45) is 0 Å². The fraction of sp³-hybridized carbons (Fsp3) is 0.500. The summed E-state index contributed by atoms with van der Waals surface area (Å²) >= 11 is 1.59. The SMILES string of the molecule is CNC(C)c1cccc(F)c1SC1COC1. The van der Waals surface area contributed by atoms with Gasteiger partial charge in [-0.3, -0.25) is 0 Å². The van der Waals surface area contributed by atoms with Crippen LogP contribution in [0.2, 0.25) is 0 Å². The molecule has 1 N–H and O–H groups in total. The number of ether oxygens (including phenoxy) is 1. The number of benzene rings is 1. The Balaban J connectivity index is 2.24. The first-order valence-electron chi connectivity index (χ1n) is 5.42. The molecule has 1 fully saturated rings. The lowest BCUT2D eigenvalue weighted by Crippen LogP contribution is -2.30. The van der Waals surface area contributed by atoms with E-state index in [0.717, 1.165) is 23.7 Å². The number of halogens is 1. The molecule has 1 aliphatic heterocycles. The van der Waals surface area contributed by atoms with E-state index >= 15 is 0 Å². The highest BCUT2D eigenvalue weighted by Crippen LogP contribution is 2.35. The molecule has 0 spiro atoms. The molecule has 1 aromatic carbocycles. The van der Waals surface area contributed by atoms with Crippen LogP contribution in [0.1, 0.15) is 18.5 Å². The fourth-order valence-electron chi connectivity index (χ4n) is 1.60. The van der Waals surface area contributed by atoms with Crippen LogP contribution in [0.25, 0.3) is 0 Å². The first-order valence-corrected chi connectivity index (χ1v) is 6.30. The summed E-state index contributed by atoms with van der Waals surface area (Å²) in [5, 5.41) is 3.55. The molecule has 0 radical (unpaired) electrons. The van der Waals surface area contributed by atoms with Crippen LogP contribution in [0.3, 0.4) is 0 Å². The van der Waals surface area contributed by atoms with Crippen LogP contribution in [0.4, 0.5) is 4.39 Å². The first kappa shape index (κ1) is 11.9. The van der Waals surface area contributed by atoms with Crippen LogP contribution < -0.4 is 5.32 Å². The Morgan fingerprint density at radius 2 is 2.25 bits per heavy atom. The maximum Gasteiger partial charge on any atom is 0.137 e. The standard InChI is InChI=1S/C12H16FNOS/c1-8(14-2)10-4-3-5-11(13)12(10)16-9-6-15-7-9/h3-5,8-9,14H,6-7H2,1-2H3. The van der Waals surface area contributed by atoms with Crippen LogP contribution >= 0.6 is 11.8 Å². The summed E-state index contributed by atoms with van der Waals surface area (Å²) < 4.78 is 18.9. The van der Waals surface area contributed by atoms with Gasteiger partial charge in [0.05, 0.1) is 18.5 Å². The molecule has 0 bridgehead atoms. The van der Waals surface area contributed by atoms with Crippen molar-refractivity contribution in [3.63, 3.8) is 0 Å². The second-order valence-electron chi connectivity index (χ2n) is 3.95. The fourth-order valence-corrected chi connectivity index (χ4v) is 2.82. The summed E-state index contributed by atoms with van der Waals surface area (Å²) in [5.41, 5.74) is 1.03. The Morgan fingerprint density at radius 3 is 2.81 bits per heavy atom. The summed E-state index contributed by atoms with van der Waals surface area (Å²) in [7, 11) is 1.89. The molecule has 2 rings (SSSR count). The van der Waals surface area contributed by atoms with Gasteiger partial charge in [0, 0.05) is 10.9 Å². The predicted molar refractivity (Wildman–Crippen MR) is 64.3 cm³/mol. The third kappa shape index (κ3) is 2.39. The normalized spacial score (nSPS) is 18.2. The van der Waals surface area contributed by atoms with Crippen LogP contribution in [-0.2, 0) is 4.74 Å². The second-order valence-corrected chi connectivity index (χ2v) is 5.26. The highest BCUT2D eigenvalue weighted by molar-refractivity contribution is 8.00. The smallest absolute Gasteiger partial charge is 0.137 e. The minimum atomic E-state index is -0.128. The zero-order chi connectivity index (χ0) is 11.5. The van der Waals surface area contributed by atoms with Crippen molar-refractivity contribution in [3.8, 4) is 0 Å². The van der Waals surface area contributed by atoms with Crippen molar-refractivity contribution in [3.05, 3.63) is 29.6 Å². The monoisotopic (exact) mass is 241 g/mol. The van der Waals surface area contributed by atoms with Gasteiger partial charge in [0.1, 0.15) is 5.82 Å². The van der Waals surface area contributed by atoms with Crippen molar-refractivity contribution in [1.29, 1.82) is 0 Å². The summed E-state index contributed by atoms with van der Waals surface area (Å²) in [4.78, 5) is 0.762. The molecule has 1 aliphatic rings. The molecule has 4 heteroatoms. The maximum atomic E-state index is 13.8. The predicted octanol–water partition coefficient (Wildman–Crippen LogP) is 2.60. The van der Waals surface area contributed by atoms with Crippen LogP contribution in [0.5, 0.6) is 0 Å².